The monoisotopic (exact) mass is 415 g/mol. The molecule has 3 aliphatic carbocycles. The van der Waals surface area contributed by atoms with E-state index in [2.05, 4.69) is 23.7 Å². The Bertz CT molecular complexity index is 943. The molecule has 0 unspecified atom stereocenters. The molecule has 158 valence electrons. The highest BCUT2D eigenvalue weighted by molar-refractivity contribution is 7.18. The Morgan fingerprint density at radius 2 is 2.07 bits per heavy atom. The van der Waals surface area contributed by atoms with E-state index in [0.29, 0.717) is 17.6 Å². The number of nitrogens with one attached hydrogen (secondary N) is 1. The molecule has 0 radical (unpaired) electrons. The van der Waals surface area contributed by atoms with Gasteiger partial charge >= 0.3 is 0 Å². The SMILES string of the molecule is CCCN(Cc1nc2sc3c(c2c(=O)[nH]1)CCC3)[C@H]1C[C@H](OCC)C12CCCC2. The summed E-state index contributed by atoms with van der Waals surface area (Å²) in [6.45, 7) is 6.96. The zero-order valence-electron chi connectivity index (χ0n) is 17.8. The third-order valence-electron chi connectivity index (χ3n) is 7.57. The van der Waals surface area contributed by atoms with E-state index in [9.17, 15) is 4.79 Å². The van der Waals surface area contributed by atoms with Crippen molar-refractivity contribution in [2.24, 2.45) is 5.41 Å². The molecule has 1 N–H and O–H groups in total. The largest absolute Gasteiger partial charge is 0.378 e. The maximum atomic E-state index is 12.9. The number of H-pyrrole nitrogens is 1. The first-order valence-electron chi connectivity index (χ1n) is 11.6. The van der Waals surface area contributed by atoms with Crippen LogP contribution in [0.1, 0.15) is 75.1 Å². The maximum Gasteiger partial charge on any atom is 0.259 e. The van der Waals surface area contributed by atoms with Crippen LogP contribution in [-0.2, 0) is 24.1 Å². The lowest BCUT2D eigenvalue weighted by Crippen LogP contribution is -2.63. The number of rotatable bonds is 7. The third kappa shape index (κ3) is 3.19. The fraction of sp³-hybridized carbons (Fsp3) is 0.739. The molecule has 0 aromatic carbocycles. The molecule has 29 heavy (non-hydrogen) atoms. The quantitative estimate of drug-likeness (QED) is 0.727. The normalized spacial score (nSPS) is 25.2. The smallest absolute Gasteiger partial charge is 0.259 e. The second-order valence-electron chi connectivity index (χ2n) is 9.16. The molecule has 2 heterocycles. The van der Waals surface area contributed by atoms with Crippen LogP contribution >= 0.6 is 11.3 Å². The number of ether oxygens (including phenoxy) is 1. The van der Waals surface area contributed by atoms with Crippen molar-refractivity contribution in [2.75, 3.05) is 13.2 Å². The molecule has 2 saturated carbocycles. The minimum atomic E-state index is 0.0669. The number of hydrogen-bond donors (Lipinski definition) is 1. The van der Waals surface area contributed by atoms with Crippen LogP contribution in [0.25, 0.3) is 10.2 Å². The van der Waals surface area contributed by atoms with Crippen LogP contribution in [-0.4, -0.2) is 40.2 Å². The lowest BCUT2D eigenvalue weighted by Gasteiger charge is -2.58. The minimum Gasteiger partial charge on any atom is -0.378 e. The second-order valence-corrected chi connectivity index (χ2v) is 10.2. The third-order valence-corrected chi connectivity index (χ3v) is 8.76. The van der Waals surface area contributed by atoms with Crippen LogP contribution in [0, 0.1) is 5.41 Å². The van der Waals surface area contributed by atoms with E-state index < -0.39 is 0 Å². The number of nitrogens with zero attached hydrogens (tertiary/aromatic N) is 2. The zero-order valence-corrected chi connectivity index (χ0v) is 18.6. The number of aromatic nitrogens is 2. The van der Waals surface area contributed by atoms with Gasteiger partial charge < -0.3 is 9.72 Å². The highest BCUT2D eigenvalue weighted by Crippen LogP contribution is 2.56. The van der Waals surface area contributed by atoms with Crippen molar-refractivity contribution in [1.82, 2.24) is 14.9 Å². The first-order chi connectivity index (χ1) is 14.2. The Morgan fingerprint density at radius 1 is 1.24 bits per heavy atom. The summed E-state index contributed by atoms with van der Waals surface area (Å²) in [5.74, 6) is 0.837. The Kier molecular flexibility index (Phi) is 5.29. The summed E-state index contributed by atoms with van der Waals surface area (Å²) in [6, 6.07) is 0.552. The van der Waals surface area contributed by atoms with Crippen LogP contribution in [0.4, 0.5) is 0 Å². The van der Waals surface area contributed by atoms with E-state index in [-0.39, 0.29) is 5.56 Å². The molecule has 6 heteroatoms. The molecule has 0 aliphatic heterocycles. The van der Waals surface area contributed by atoms with Gasteiger partial charge in [-0.2, -0.15) is 0 Å². The van der Waals surface area contributed by atoms with Crippen molar-refractivity contribution in [3.63, 3.8) is 0 Å². The maximum absolute atomic E-state index is 12.9. The number of aryl methyl sites for hydroxylation is 2. The Hall–Kier alpha value is -1.24. The molecule has 5 rings (SSSR count). The van der Waals surface area contributed by atoms with Crippen molar-refractivity contribution >= 4 is 21.6 Å². The average molecular weight is 416 g/mol. The van der Waals surface area contributed by atoms with Gasteiger partial charge in [0.15, 0.2) is 0 Å². The van der Waals surface area contributed by atoms with Crippen molar-refractivity contribution in [3.8, 4) is 0 Å². The summed E-state index contributed by atoms with van der Waals surface area (Å²) in [7, 11) is 0. The van der Waals surface area contributed by atoms with Gasteiger partial charge in [-0.25, -0.2) is 4.98 Å². The van der Waals surface area contributed by atoms with Gasteiger partial charge in [-0.15, -0.1) is 11.3 Å². The van der Waals surface area contributed by atoms with Gasteiger partial charge in [-0.05, 0) is 64.0 Å². The number of thiophene rings is 1. The standard InChI is InChI=1S/C23H33N3O2S/c1-3-12-26(17-13-18(28-4-2)23(17)10-5-6-11-23)14-19-24-21(27)20-15-8-7-9-16(15)29-22(20)25-19/h17-18H,3-14H2,1-2H3,(H,24,25,27)/t17-,18-/m0/s1. The molecule has 2 atom stereocenters. The molecule has 0 bridgehead atoms. The lowest BCUT2D eigenvalue weighted by atomic mass is 9.60. The summed E-state index contributed by atoms with van der Waals surface area (Å²) in [4.78, 5) is 25.8. The van der Waals surface area contributed by atoms with E-state index in [1.807, 2.05) is 0 Å². The summed E-state index contributed by atoms with van der Waals surface area (Å²) < 4.78 is 6.14. The summed E-state index contributed by atoms with van der Waals surface area (Å²) in [5, 5.41) is 0.862. The van der Waals surface area contributed by atoms with Crippen LogP contribution in [0.3, 0.4) is 0 Å². The van der Waals surface area contributed by atoms with Crippen molar-refractivity contribution in [2.45, 2.75) is 90.3 Å². The highest BCUT2D eigenvalue weighted by Gasteiger charge is 2.58. The highest BCUT2D eigenvalue weighted by atomic mass is 32.1. The van der Waals surface area contributed by atoms with E-state index >= 15 is 0 Å². The molecule has 2 aromatic rings. The van der Waals surface area contributed by atoms with Crippen LogP contribution in [0.5, 0.6) is 0 Å². The van der Waals surface area contributed by atoms with Gasteiger partial charge in [-0.1, -0.05) is 19.8 Å². The summed E-state index contributed by atoms with van der Waals surface area (Å²) >= 11 is 1.74. The van der Waals surface area contributed by atoms with Gasteiger partial charge in [0.2, 0.25) is 0 Å². The van der Waals surface area contributed by atoms with E-state index in [1.165, 1.54) is 42.5 Å². The molecular weight excluding hydrogens is 382 g/mol. The Morgan fingerprint density at radius 3 is 2.83 bits per heavy atom. The molecule has 2 aromatic heterocycles. The molecule has 1 spiro atoms. The molecule has 2 fully saturated rings. The lowest BCUT2D eigenvalue weighted by molar-refractivity contribution is -0.167. The first-order valence-corrected chi connectivity index (χ1v) is 12.4. The van der Waals surface area contributed by atoms with Gasteiger partial charge in [0.05, 0.1) is 18.0 Å². The van der Waals surface area contributed by atoms with Crippen molar-refractivity contribution < 1.29 is 4.74 Å². The van der Waals surface area contributed by atoms with Crippen LogP contribution in [0.2, 0.25) is 0 Å². The Labute approximate surface area is 176 Å². The van der Waals surface area contributed by atoms with Gasteiger partial charge in [-0.3, -0.25) is 9.69 Å². The predicted molar refractivity (Wildman–Crippen MR) is 118 cm³/mol. The Balaban J connectivity index is 1.42. The topological polar surface area (TPSA) is 58.2 Å². The van der Waals surface area contributed by atoms with Crippen LogP contribution < -0.4 is 5.56 Å². The number of aromatic amines is 1. The summed E-state index contributed by atoms with van der Waals surface area (Å²) in [6.07, 6.45) is 11.2. The van der Waals surface area contributed by atoms with Crippen molar-refractivity contribution in [3.05, 3.63) is 26.6 Å². The number of hydrogen-bond acceptors (Lipinski definition) is 5. The predicted octanol–water partition coefficient (Wildman–Crippen LogP) is 4.42. The van der Waals surface area contributed by atoms with Gasteiger partial charge in [0.25, 0.3) is 5.56 Å². The molecule has 0 amide bonds. The fourth-order valence-corrected chi connectivity index (χ4v) is 7.59. The minimum absolute atomic E-state index is 0.0669. The molecule has 5 nitrogen and oxygen atoms in total. The van der Waals surface area contributed by atoms with Crippen molar-refractivity contribution in [1.29, 1.82) is 0 Å². The fourth-order valence-electron chi connectivity index (χ4n) is 6.31. The second kappa shape index (κ2) is 7.78. The molecule has 3 aliphatic rings. The van der Waals surface area contributed by atoms with Crippen LogP contribution in [0.15, 0.2) is 4.79 Å². The van der Waals surface area contributed by atoms with E-state index in [0.717, 1.165) is 61.4 Å². The summed E-state index contributed by atoms with van der Waals surface area (Å²) in [5.41, 5.74) is 1.65. The van der Waals surface area contributed by atoms with Gasteiger partial charge in [0, 0.05) is 22.9 Å². The zero-order chi connectivity index (χ0) is 20.0. The number of fused-ring (bicyclic) bond motifs is 3. The van der Waals surface area contributed by atoms with Gasteiger partial charge in [0.1, 0.15) is 10.7 Å². The first kappa shape index (κ1) is 19.7. The molecular formula is C23H33N3O2S. The average Bonchev–Trinajstić information content (AvgIpc) is 3.40. The molecule has 0 saturated heterocycles. The van der Waals surface area contributed by atoms with E-state index in [1.54, 1.807) is 11.3 Å². The van der Waals surface area contributed by atoms with E-state index in [4.69, 9.17) is 9.72 Å².